The van der Waals surface area contributed by atoms with Gasteiger partial charge in [-0.25, -0.2) is 4.79 Å². The Hall–Kier alpha value is -1.92. The summed E-state index contributed by atoms with van der Waals surface area (Å²) >= 11 is 0. The van der Waals surface area contributed by atoms with Gasteiger partial charge in [0.05, 0.1) is 0 Å². The predicted molar refractivity (Wildman–Crippen MR) is 89.6 cm³/mol. The molecule has 1 saturated heterocycles. The minimum absolute atomic E-state index is 0.172. The van der Waals surface area contributed by atoms with Gasteiger partial charge < -0.3 is 4.90 Å². The molecule has 1 aliphatic heterocycles. The normalized spacial score (nSPS) is 16.3. The van der Waals surface area contributed by atoms with Crippen LogP contribution in [0.5, 0.6) is 0 Å². The van der Waals surface area contributed by atoms with Gasteiger partial charge in [-0.1, -0.05) is 36.8 Å². The lowest BCUT2D eigenvalue weighted by Gasteiger charge is -2.26. The first-order chi connectivity index (χ1) is 11.2. The molecule has 1 aromatic carbocycles. The number of imide groups is 1. The van der Waals surface area contributed by atoms with Gasteiger partial charge in [-0.3, -0.25) is 21.0 Å². The largest absolute Gasteiger partial charge is 0.324 e. The van der Waals surface area contributed by atoms with Gasteiger partial charge in [0, 0.05) is 32.1 Å². The van der Waals surface area contributed by atoms with Crippen LogP contribution in [-0.4, -0.2) is 36.5 Å². The highest BCUT2D eigenvalue weighted by Crippen LogP contribution is 2.09. The van der Waals surface area contributed by atoms with E-state index in [0.717, 1.165) is 25.8 Å². The smallest absolute Gasteiger partial charge is 0.324 e. The van der Waals surface area contributed by atoms with Crippen molar-refractivity contribution in [2.24, 2.45) is 0 Å². The highest BCUT2D eigenvalue weighted by molar-refractivity contribution is 5.96. The van der Waals surface area contributed by atoms with Crippen molar-refractivity contribution in [1.82, 2.24) is 21.1 Å². The van der Waals surface area contributed by atoms with Crippen molar-refractivity contribution in [2.75, 3.05) is 19.6 Å². The first kappa shape index (κ1) is 17.4. The van der Waals surface area contributed by atoms with Crippen LogP contribution in [0, 0.1) is 0 Å². The van der Waals surface area contributed by atoms with Gasteiger partial charge in [-0.15, -0.1) is 0 Å². The Bertz CT molecular complexity index is 507. The number of amides is 3. The molecule has 1 aromatic rings. The van der Waals surface area contributed by atoms with Crippen LogP contribution >= 0.6 is 0 Å². The Kier molecular flexibility index (Phi) is 7.03. The van der Waals surface area contributed by atoms with Crippen molar-refractivity contribution in [3.63, 3.8) is 0 Å². The Morgan fingerprint density at radius 3 is 2.70 bits per heavy atom. The third-order valence-electron chi connectivity index (χ3n) is 3.99. The van der Waals surface area contributed by atoms with Gasteiger partial charge in [0.1, 0.15) is 0 Å². The number of rotatable bonds is 9. The van der Waals surface area contributed by atoms with E-state index in [4.69, 9.17) is 0 Å². The number of nitrogens with zero attached hydrogens (tertiary/aromatic N) is 1. The van der Waals surface area contributed by atoms with Gasteiger partial charge >= 0.3 is 6.03 Å². The summed E-state index contributed by atoms with van der Waals surface area (Å²) in [6, 6.07) is 10.3. The molecule has 126 valence electrons. The Morgan fingerprint density at radius 1 is 1.17 bits per heavy atom. The second-order valence-electron chi connectivity index (χ2n) is 5.85. The van der Waals surface area contributed by atoms with Crippen LogP contribution in [0.1, 0.15) is 44.2 Å². The molecule has 0 aliphatic carbocycles. The molecule has 0 bridgehead atoms. The van der Waals surface area contributed by atoms with Crippen molar-refractivity contribution < 1.29 is 9.59 Å². The maximum Gasteiger partial charge on any atom is 0.324 e. The van der Waals surface area contributed by atoms with E-state index in [0.29, 0.717) is 19.5 Å². The Balaban J connectivity index is 1.50. The maximum atomic E-state index is 11.6. The number of hydrogen-bond donors (Lipinski definition) is 3. The standard InChI is InChI=1S/C17H26N4O2/c1-14(15-8-4-2-5-9-15)20-18-11-6-3-7-12-21-13-10-16(22)19-17(21)23/h2,4-5,8-9,14,18,20H,3,6-7,10-13H2,1H3,(H,19,22,23). The maximum absolute atomic E-state index is 11.6. The van der Waals surface area contributed by atoms with E-state index in [1.54, 1.807) is 4.90 Å². The number of hydrazine groups is 1. The van der Waals surface area contributed by atoms with Crippen LogP contribution < -0.4 is 16.2 Å². The number of carbonyl (C=O) groups excluding carboxylic acids is 2. The highest BCUT2D eigenvalue weighted by atomic mass is 16.2. The summed E-state index contributed by atoms with van der Waals surface area (Å²) in [7, 11) is 0. The van der Waals surface area contributed by atoms with E-state index in [-0.39, 0.29) is 18.0 Å². The lowest BCUT2D eigenvalue weighted by molar-refractivity contribution is -0.121. The summed E-state index contributed by atoms with van der Waals surface area (Å²) < 4.78 is 0. The number of carbonyl (C=O) groups is 2. The predicted octanol–water partition coefficient (Wildman–Crippen LogP) is 1.95. The number of urea groups is 1. The van der Waals surface area contributed by atoms with Gasteiger partial charge in [0.25, 0.3) is 0 Å². The molecule has 0 aromatic heterocycles. The molecule has 0 spiro atoms. The van der Waals surface area contributed by atoms with E-state index >= 15 is 0 Å². The molecule has 1 heterocycles. The first-order valence-electron chi connectivity index (χ1n) is 8.29. The van der Waals surface area contributed by atoms with E-state index in [9.17, 15) is 9.59 Å². The molecular weight excluding hydrogens is 292 g/mol. The molecule has 0 saturated carbocycles. The van der Waals surface area contributed by atoms with Gasteiger partial charge in [-0.2, -0.15) is 0 Å². The van der Waals surface area contributed by atoms with Crippen LogP contribution in [-0.2, 0) is 4.79 Å². The fourth-order valence-electron chi connectivity index (χ4n) is 2.56. The molecule has 1 fully saturated rings. The average Bonchev–Trinajstić information content (AvgIpc) is 2.56. The zero-order valence-electron chi connectivity index (χ0n) is 13.7. The summed E-state index contributed by atoms with van der Waals surface area (Å²) in [4.78, 5) is 24.3. The molecule has 3 amide bonds. The summed E-state index contributed by atoms with van der Waals surface area (Å²) in [6.07, 6.45) is 3.46. The summed E-state index contributed by atoms with van der Waals surface area (Å²) in [5.74, 6) is -0.172. The van der Waals surface area contributed by atoms with Crippen molar-refractivity contribution in [3.05, 3.63) is 35.9 Å². The van der Waals surface area contributed by atoms with E-state index in [1.165, 1.54) is 5.56 Å². The summed E-state index contributed by atoms with van der Waals surface area (Å²) in [5.41, 5.74) is 7.79. The van der Waals surface area contributed by atoms with E-state index in [2.05, 4.69) is 35.2 Å². The molecule has 6 nitrogen and oxygen atoms in total. The monoisotopic (exact) mass is 318 g/mol. The molecule has 1 unspecified atom stereocenters. The molecule has 3 N–H and O–H groups in total. The zero-order valence-corrected chi connectivity index (χ0v) is 13.7. The molecular formula is C17H26N4O2. The molecule has 0 radical (unpaired) electrons. The van der Waals surface area contributed by atoms with Crippen LogP contribution in [0.25, 0.3) is 0 Å². The lowest BCUT2D eigenvalue weighted by Crippen LogP contribution is -2.49. The molecule has 2 rings (SSSR count). The fourth-order valence-corrected chi connectivity index (χ4v) is 2.56. The third kappa shape index (κ3) is 6.00. The minimum atomic E-state index is -0.252. The third-order valence-corrected chi connectivity index (χ3v) is 3.99. The lowest BCUT2D eigenvalue weighted by atomic mass is 10.1. The fraction of sp³-hybridized carbons (Fsp3) is 0.529. The van der Waals surface area contributed by atoms with Crippen LogP contribution in [0.15, 0.2) is 30.3 Å². The van der Waals surface area contributed by atoms with Crippen LogP contribution in [0.2, 0.25) is 0 Å². The Morgan fingerprint density at radius 2 is 1.96 bits per heavy atom. The number of nitrogens with one attached hydrogen (secondary N) is 3. The highest BCUT2D eigenvalue weighted by Gasteiger charge is 2.21. The van der Waals surface area contributed by atoms with Gasteiger partial charge in [-0.05, 0) is 25.3 Å². The molecule has 1 aliphatic rings. The van der Waals surface area contributed by atoms with Crippen molar-refractivity contribution in [3.8, 4) is 0 Å². The van der Waals surface area contributed by atoms with Crippen molar-refractivity contribution >= 4 is 11.9 Å². The summed E-state index contributed by atoms with van der Waals surface area (Å²) in [6.45, 7) is 4.27. The Labute approximate surface area is 137 Å². The number of hydrogen-bond acceptors (Lipinski definition) is 4. The van der Waals surface area contributed by atoms with E-state index < -0.39 is 0 Å². The number of unbranched alkanes of at least 4 members (excludes halogenated alkanes) is 2. The van der Waals surface area contributed by atoms with Crippen molar-refractivity contribution in [2.45, 2.75) is 38.6 Å². The quantitative estimate of drug-likeness (QED) is 0.481. The topological polar surface area (TPSA) is 73.5 Å². The van der Waals surface area contributed by atoms with Gasteiger partial charge in [0.15, 0.2) is 0 Å². The zero-order chi connectivity index (χ0) is 16.5. The van der Waals surface area contributed by atoms with Gasteiger partial charge in [0.2, 0.25) is 5.91 Å². The SMILES string of the molecule is CC(NNCCCCCN1CCC(=O)NC1=O)c1ccccc1. The second kappa shape index (κ2) is 9.27. The molecule has 23 heavy (non-hydrogen) atoms. The first-order valence-corrected chi connectivity index (χ1v) is 8.29. The summed E-state index contributed by atoms with van der Waals surface area (Å²) in [5, 5.41) is 2.34. The van der Waals surface area contributed by atoms with E-state index in [1.807, 2.05) is 18.2 Å². The second-order valence-corrected chi connectivity index (χ2v) is 5.85. The average molecular weight is 318 g/mol. The number of benzene rings is 1. The van der Waals surface area contributed by atoms with Crippen molar-refractivity contribution in [1.29, 1.82) is 0 Å². The molecule has 6 heteroatoms. The van der Waals surface area contributed by atoms with Crippen LogP contribution in [0.3, 0.4) is 0 Å². The van der Waals surface area contributed by atoms with Crippen LogP contribution in [0.4, 0.5) is 4.79 Å². The molecule has 1 atom stereocenters. The minimum Gasteiger partial charge on any atom is -0.324 e.